The number of carbonyl (C=O) groups is 1. The van der Waals surface area contributed by atoms with Gasteiger partial charge in [0.2, 0.25) is 5.91 Å². The van der Waals surface area contributed by atoms with E-state index in [0.717, 1.165) is 31.5 Å². The van der Waals surface area contributed by atoms with E-state index in [0.29, 0.717) is 19.6 Å². The Morgan fingerprint density at radius 2 is 1.93 bits per heavy atom. The van der Waals surface area contributed by atoms with Crippen molar-refractivity contribution in [2.24, 2.45) is 5.92 Å². The van der Waals surface area contributed by atoms with Crippen molar-refractivity contribution in [1.29, 1.82) is 0 Å². The SMILES string of the molecule is CN(CCc1ccccn1)C[C@H]1OCC[C@H](NC(=O)C2Cc3ccccc3C2)[C@@H]1O. The number of likely N-dealkylation sites (N-methyl/N-ethyl adjacent to an activating group) is 1. The van der Waals surface area contributed by atoms with Crippen LogP contribution in [0.15, 0.2) is 48.7 Å². The zero-order chi connectivity index (χ0) is 20.9. The number of carbonyl (C=O) groups excluding carboxylic acids is 1. The van der Waals surface area contributed by atoms with Crippen molar-refractivity contribution in [3.8, 4) is 0 Å². The molecule has 6 heteroatoms. The first kappa shape index (κ1) is 21.0. The van der Waals surface area contributed by atoms with Crippen LogP contribution in [0.1, 0.15) is 23.2 Å². The van der Waals surface area contributed by atoms with Crippen LogP contribution >= 0.6 is 0 Å². The molecule has 0 spiro atoms. The van der Waals surface area contributed by atoms with Crippen molar-refractivity contribution < 1.29 is 14.6 Å². The molecule has 2 heterocycles. The Labute approximate surface area is 178 Å². The number of aromatic nitrogens is 1. The molecular weight excluding hydrogens is 378 g/mol. The number of rotatable bonds is 7. The van der Waals surface area contributed by atoms with Crippen molar-refractivity contribution in [2.75, 3.05) is 26.7 Å². The third-order valence-corrected chi connectivity index (χ3v) is 6.27. The molecule has 1 aromatic carbocycles. The summed E-state index contributed by atoms with van der Waals surface area (Å²) in [6.45, 7) is 2.00. The summed E-state index contributed by atoms with van der Waals surface area (Å²) < 4.78 is 5.84. The molecule has 6 nitrogen and oxygen atoms in total. The molecule has 1 aliphatic heterocycles. The fourth-order valence-corrected chi connectivity index (χ4v) is 4.49. The lowest BCUT2D eigenvalue weighted by atomic mass is 9.97. The van der Waals surface area contributed by atoms with E-state index in [1.807, 2.05) is 37.4 Å². The average Bonchev–Trinajstić information content (AvgIpc) is 3.20. The lowest BCUT2D eigenvalue weighted by Crippen LogP contribution is -2.56. The van der Waals surface area contributed by atoms with Gasteiger partial charge in [-0.05, 0) is 49.6 Å². The third-order valence-electron chi connectivity index (χ3n) is 6.27. The zero-order valence-electron chi connectivity index (χ0n) is 17.5. The number of hydrogen-bond donors (Lipinski definition) is 2. The van der Waals surface area contributed by atoms with Gasteiger partial charge in [-0.15, -0.1) is 0 Å². The predicted octanol–water partition coefficient (Wildman–Crippen LogP) is 1.61. The van der Waals surface area contributed by atoms with E-state index in [1.165, 1.54) is 11.1 Å². The standard InChI is InChI=1S/C24H31N3O3/c1-27(12-9-20-8-4-5-11-25-20)16-22-23(28)21(10-13-30-22)26-24(29)19-14-17-6-2-3-7-18(17)15-19/h2-8,11,19,21-23,28H,9-10,12-16H2,1H3,(H,26,29)/t21-,22+,23-/m0/s1. The number of aliphatic hydroxyl groups is 1. The number of amides is 1. The monoisotopic (exact) mass is 409 g/mol. The van der Waals surface area contributed by atoms with Gasteiger partial charge in [0, 0.05) is 43.9 Å². The number of fused-ring (bicyclic) bond motifs is 1. The van der Waals surface area contributed by atoms with Gasteiger partial charge in [0.15, 0.2) is 0 Å². The second kappa shape index (κ2) is 9.69. The molecule has 3 atom stereocenters. The Balaban J connectivity index is 1.26. The summed E-state index contributed by atoms with van der Waals surface area (Å²) in [5.41, 5.74) is 3.58. The number of nitrogens with one attached hydrogen (secondary N) is 1. The van der Waals surface area contributed by atoms with Gasteiger partial charge in [0.05, 0.1) is 12.1 Å². The summed E-state index contributed by atoms with van der Waals surface area (Å²) in [4.78, 5) is 19.3. The van der Waals surface area contributed by atoms with Crippen LogP contribution in [-0.2, 0) is 28.8 Å². The molecule has 0 unspecified atom stereocenters. The van der Waals surface area contributed by atoms with Crippen molar-refractivity contribution in [3.63, 3.8) is 0 Å². The first-order valence-corrected chi connectivity index (χ1v) is 10.9. The molecule has 0 bridgehead atoms. The van der Waals surface area contributed by atoms with Crippen LogP contribution < -0.4 is 5.32 Å². The first-order valence-electron chi connectivity index (χ1n) is 10.9. The van der Waals surface area contributed by atoms with E-state index in [4.69, 9.17) is 4.74 Å². The van der Waals surface area contributed by atoms with Crippen LogP contribution in [0.2, 0.25) is 0 Å². The molecule has 2 aliphatic rings. The maximum atomic E-state index is 12.8. The van der Waals surface area contributed by atoms with E-state index < -0.39 is 6.10 Å². The largest absolute Gasteiger partial charge is 0.388 e. The molecule has 1 fully saturated rings. The van der Waals surface area contributed by atoms with Gasteiger partial charge in [-0.1, -0.05) is 30.3 Å². The number of ether oxygens (including phenoxy) is 1. The summed E-state index contributed by atoms with van der Waals surface area (Å²) in [6, 6.07) is 13.9. The highest BCUT2D eigenvalue weighted by molar-refractivity contribution is 5.80. The molecule has 4 rings (SSSR count). The highest BCUT2D eigenvalue weighted by atomic mass is 16.5. The maximum absolute atomic E-state index is 12.8. The Hall–Kier alpha value is -2.28. The summed E-state index contributed by atoms with van der Waals surface area (Å²) in [5.74, 6) is -0.00338. The lowest BCUT2D eigenvalue weighted by molar-refractivity contribution is -0.132. The molecule has 1 amide bonds. The number of pyridine rings is 1. The summed E-state index contributed by atoms with van der Waals surface area (Å²) >= 11 is 0. The quantitative estimate of drug-likeness (QED) is 0.727. The van der Waals surface area contributed by atoms with Crippen molar-refractivity contribution in [1.82, 2.24) is 15.2 Å². The average molecular weight is 410 g/mol. The maximum Gasteiger partial charge on any atom is 0.224 e. The molecular formula is C24H31N3O3. The minimum absolute atomic E-state index is 0.0411. The number of benzene rings is 1. The van der Waals surface area contributed by atoms with Gasteiger partial charge >= 0.3 is 0 Å². The minimum atomic E-state index is -0.705. The summed E-state index contributed by atoms with van der Waals surface area (Å²) in [5, 5.41) is 14.0. The second-order valence-corrected chi connectivity index (χ2v) is 8.51. The van der Waals surface area contributed by atoms with E-state index in [-0.39, 0.29) is 24.0 Å². The molecule has 0 saturated carbocycles. The molecule has 0 radical (unpaired) electrons. The first-order chi connectivity index (χ1) is 14.6. The van der Waals surface area contributed by atoms with Crippen LogP contribution in [0.5, 0.6) is 0 Å². The number of hydrogen-bond acceptors (Lipinski definition) is 5. The van der Waals surface area contributed by atoms with Crippen LogP contribution in [0, 0.1) is 5.92 Å². The highest BCUT2D eigenvalue weighted by Gasteiger charge is 2.36. The topological polar surface area (TPSA) is 74.7 Å². The molecule has 2 N–H and O–H groups in total. The van der Waals surface area contributed by atoms with Crippen molar-refractivity contribution >= 4 is 5.91 Å². The van der Waals surface area contributed by atoms with Gasteiger partial charge in [-0.3, -0.25) is 9.78 Å². The van der Waals surface area contributed by atoms with Crippen LogP contribution in [0.25, 0.3) is 0 Å². The number of aliphatic hydroxyl groups excluding tert-OH is 1. The van der Waals surface area contributed by atoms with E-state index >= 15 is 0 Å². The molecule has 30 heavy (non-hydrogen) atoms. The minimum Gasteiger partial charge on any atom is -0.388 e. The van der Waals surface area contributed by atoms with Crippen LogP contribution in [0.4, 0.5) is 0 Å². The fourth-order valence-electron chi connectivity index (χ4n) is 4.49. The second-order valence-electron chi connectivity index (χ2n) is 8.51. The summed E-state index contributed by atoms with van der Waals surface area (Å²) in [6.07, 6.45) is 3.84. The van der Waals surface area contributed by atoms with Gasteiger partial charge in [0.1, 0.15) is 6.10 Å². The smallest absolute Gasteiger partial charge is 0.224 e. The molecule has 1 aliphatic carbocycles. The van der Waals surface area contributed by atoms with Crippen molar-refractivity contribution in [2.45, 2.75) is 43.9 Å². The number of nitrogens with zero attached hydrogens (tertiary/aromatic N) is 2. The van der Waals surface area contributed by atoms with E-state index in [9.17, 15) is 9.90 Å². The Morgan fingerprint density at radius 3 is 2.63 bits per heavy atom. The van der Waals surface area contributed by atoms with Crippen LogP contribution in [0.3, 0.4) is 0 Å². The summed E-state index contributed by atoms with van der Waals surface area (Å²) in [7, 11) is 2.02. The van der Waals surface area contributed by atoms with Gasteiger partial charge in [0.25, 0.3) is 0 Å². The molecule has 1 saturated heterocycles. The predicted molar refractivity (Wildman–Crippen MR) is 115 cm³/mol. The Kier molecular flexibility index (Phi) is 6.77. The Bertz CT molecular complexity index is 820. The van der Waals surface area contributed by atoms with Crippen molar-refractivity contribution in [3.05, 3.63) is 65.5 Å². The molecule has 2 aromatic rings. The zero-order valence-corrected chi connectivity index (χ0v) is 17.5. The van der Waals surface area contributed by atoms with E-state index in [2.05, 4.69) is 27.3 Å². The van der Waals surface area contributed by atoms with E-state index in [1.54, 1.807) is 6.20 Å². The van der Waals surface area contributed by atoms with Gasteiger partial charge in [-0.25, -0.2) is 0 Å². The Morgan fingerprint density at radius 1 is 1.20 bits per heavy atom. The van der Waals surface area contributed by atoms with Gasteiger partial charge in [-0.2, -0.15) is 0 Å². The van der Waals surface area contributed by atoms with Crippen LogP contribution in [-0.4, -0.2) is 65.9 Å². The third kappa shape index (κ3) is 5.06. The normalized spacial score (nSPS) is 24.0. The lowest BCUT2D eigenvalue weighted by Gasteiger charge is -2.37. The molecule has 1 aromatic heterocycles. The highest BCUT2D eigenvalue weighted by Crippen LogP contribution is 2.27. The molecule has 160 valence electrons. The fraction of sp³-hybridized carbons (Fsp3) is 0.500. The van der Waals surface area contributed by atoms with Gasteiger partial charge < -0.3 is 20.1 Å².